The SMILES string of the molecule is Cc1cc(N(CCCl)CCCl)ccc1C=Cc1cc(C=Cc2ccc(N(CCCl)CCCl)cc2C)ncn1. The molecule has 0 amide bonds. The maximum atomic E-state index is 5.96. The number of halogens is 4. The van der Waals surface area contributed by atoms with E-state index < -0.39 is 0 Å². The largest absolute Gasteiger partial charge is 0.369 e. The fraction of sp³-hybridized carbons (Fsp3) is 0.333. The second-order valence-electron chi connectivity index (χ2n) is 8.85. The molecular formula is C30H34Cl4N4. The van der Waals surface area contributed by atoms with Crippen LogP contribution in [-0.2, 0) is 0 Å². The smallest absolute Gasteiger partial charge is 0.116 e. The molecule has 0 aliphatic rings. The van der Waals surface area contributed by atoms with Gasteiger partial charge in [0.25, 0.3) is 0 Å². The van der Waals surface area contributed by atoms with Gasteiger partial charge in [-0.1, -0.05) is 24.3 Å². The summed E-state index contributed by atoms with van der Waals surface area (Å²) in [6.07, 6.45) is 9.78. The Morgan fingerprint density at radius 2 is 0.974 bits per heavy atom. The standard InChI is InChI=1S/C30H34Cl4N4/c1-23-19-29(37(15-11-31)16-12-32)9-5-25(23)3-7-27-21-28(36-22-35-27)8-4-26-6-10-30(20-24(26)2)38(17-13-33)18-14-34/h3-10,19-22H,11-18H2,1-2H3. The van der Waals surface area contributed by atoms with Crippen molar-refractivity contribution in [3.05, 3.63) is 82.4 Å². The Kier molecular flexibility index (Phi) is 12.8. The Balaban J connectivity index is 1.72. The van der Waals surface area contributed by atoms with Gasteiger partial charge in [-0.2, -0.15) is 0 Å². The summed E-state index contributed by atoms with van der Waals surface area (Å²) < 4.78 is 0. The maximum Gasteiger partial charge on any atom is 0.116 e. The average Bonchev–Trinajstić information content (AvgIpc) is 2.91. The maximum absolute atomic E-state index is 5.96. The molecule has 1 aromatic heterocycles. The van der Waals surface area contributed by atoms with Crippen molar-refractivity contribution in [3.8, 4) is 0 Å². The van der Waals surface area contributed by atoms with E-state index in [1.807, 2.05) is 18.2 Å². The highest BCUT2D eigenvalue weighted by Crippen LogP contribution is 2.23. The summed E-state index contributed by atoms with van der Waals surface area (Å²) in [6, 6.07) is 14.8. The van der Waals surface area contributed by atoms with Crippen molar-refractivity contribution in [2.24, 2.45) is 0 Å². The molecule has 0 bridgehead atoms. The summed E-state index contributed by atoms with van der Waals surface area (Å²) >= 11 is 23.9. The molecule has 0 radical (unpaired) electrons. The summed E-state index contributed by atoms with van der Waals surface area (Å²) in [6.45, 7) is 7.29. The molecule has 202 valence electrons. The van der Waals surface area contributed by atoms with Crippen molar-refractivity contribution in [1.29, 1.82) is 0 Å². The monoisotopic (exact) mass is 590 g/mol. The number of aromatic nitrogens is 2. The van der Waals surface area contributed by atoms with Gasteiger partial charge in [0.05, 0.1) is 11.4 Å². The molecular weight excluding hydrogens is 558 g/mol. The van der Waals surface area contributed by atoms with Crippen molar-refractivity contribution in [2.75, 3.05) is 59.5 Å². The summed E-state index contributed by atoms with van der Waals surface area (Å²) in [5, 5.41) is 0. The highest BCUT2D eigenvalue weighted by Gasteiger charge is 2.08. The summed E-state index contributed by atoms with van der Waals surface area (Å²) in [4.78, 5) is 13.2. The summed E-state index contributed by atoms with van der Waals surface area (Å²) in [5.41, 5.74) is 8.57. The minimum Gasteiger partial charge on any atom is -0.369 e. The number of hydrogen-bond acceptors (Lipinski definition) is 4. The molecule has 0 spiro atoms. The van der Waals surface area contributed by atoms with E-state index in [0.29, 0.717) is 23.5 Å². The molecule has 3 aromatic rings. The number of nitrogens with zero attached hydrogens (tertiary/aromatic N) is 4. The molecule has 0 aliphatic carbocycles. The first-order valence-electron chi connectivity index (χ1n) is 12.6. The lowest BCUT2D eigenvalue weighted by atomic mass is 10.1. The lowest BCUT2D eigenvalue weighted by Crippen LogP contribution is -2.27. The lowest BCUT2D eigenvalue weighted by molar-refractivity contribution is 0.873. The quantitative estimate of drug-likeness (QED) is 0.178. The Morgan fingerprint density at radius 3 is 1.32 bits per heavy atom. The third kappa shape index (κ3) is 8.91. The van der Waals surface area contributed by atoms with Gasteiger partial charge in [-0.3, -0.25) is 0 Å². The first kappa shape index (κ1) is 30.3. The van der Waals surface area contributed by atoms with E-state index >= 15 is 0 Å². The van der Waals surface area contributed by atoms with E-state index in [4.69, 9.17) is 46.4 Å². The Hall–Kier alpha value is -2.24. The fourth-order valence-electron chi connectivity index (χ4n) is 4.16. The van der Waals surface area contributed by atoms with Crippen molar-refractivity contribution in [1.82, 2.24) is 9.97 Å². The van der Waals surface area contributed by atoms with E-state index in [0.717, 1.165) is 60.1 Å². The Bertz CT molecular complexity index is 1130. The first-order chi connectivity index (χ1) is 18.5. The number of anilines is 2. The van der Waals surface area contributed by atoms with Crippen LogP contribution in [0.15, 0.2) is 48.8 Å². The van der Waals surface area contributed by atoms with Gasteiger partial charge in [-0.15, -0.1) is 46.4 Å². The van der Waals surface area contributed by atoms with Gasteiger partial charge < -0.3 is 9.80 Å². The highest BCUT2D eigenvalue weighted by atomic mass is 35.5. The van der Waals surface area contributed by atoms with Crippen LogP contribution in [0.4, 0.5) is 11.4 Å². The lowest BCUT2D eigenvalue weighted by Gasteiger charge is -2.23. The Morgan fingerprint density at radius 1 is 0.579 bits per heavy atom. The number of alkyl halides is 4. The van der Waals surface area contributed by atoms with Crippen LogP contribution in [0.2, 0.25) is 0 Å². The molecule has 0 saturated heterocycles. The van der Waals surface area contributed by atoms with Gasteiger partial charge in [0.1, 0.15) is 6.33 Å². The fourth-order valence-corrected chi connectivity index (χ4v) is 4.97. The topological polar surface area (TPSA) is 32.3 Å². The van der Waals surface area contributed by atoms with Gasteiger partial charge in [0.2, 0.25) is 0 Å². The zero-order chi connectivity index (χ0) is 27.3. The van der Waals surface area contributed by atoms with Crippen molar-refractivity contribution in [2.45, 2.75) is 13.8 Å². The second-order valence-corrected chi connectivity index (χ2v) is 10.4. The normalized spacial score (nSPS) is 11.5. The van der Waals surface area contributed by atoms with Crippen molar-refractivity contribution >= 4 is 82.1 Å². The van der Waals surface area contributed by atoms with E-state index in [1.54, 1.807) is 6.33 Å². The van der Waals surface area contributed by atoms with Gasteiger partial charge in [-0.25, -0.2) is 9.97 Å². The summed E-state index contributed by atoms with van der Waals surface area (Å²) in [7, 11) is 0. The summed E-state index contributed by atoms with van der Waals surface area (Å²) in [5.74, 6) is 2.26. The average molecular weight is 592 g/mol. The van der Waals surface area contributed by atoms with Gasteiger partial charge in [0, 0.05) is 61.1 Å². The molecule has 0 saturated carbocycles. The minimum atomic E-state index is 0.564. The second kappa shape index (κ2) is 16.0. The predicted octanol–water partition coefficient (Wildman–Crippen LogP) is 8.00. The molecule has 3 rings (SSSR count). The van der Waals surface area contributed by atoms with Crippen molar-refractivity contribution in [3.63, 3.8) is 0 Å². The van der Waals surface area contributed by atoms with Crippen LogP contribution in [0.25, 0.3) is 24.3 Å². The van der Waals surface area contributed by atoms with E-state index in [2.05, 4.69) is 82.2 Å². The van der Waals surface area contributed by atoms with Gasteiger partial charge in [-0.05, 0) is 78.6 Å². The predicted molar refractivity (Wildman–Crippen MR) is 170 cm³/mol. The molecule has 1 heterocycles. The van der Waals surface area contributed by atoms with Gasteiger partial charge >= 0.3 is 0 Å². The zero-order valence-corrected chi connectivity index (χ0v) is 24.9. The number of hydrogen-bond donors (Lipinski definition) is 0. The van der Waals surface area contributed by atoms with Crippen LogP contribution >= 0.6 is 46.4 Å². The molecule has 0 aliphatic heterocycles. The van der Waals surface area contributed by atoms with E-state index in [1.165, 1.54) is 11.1 Å². The number of benzene rings is 2. The molecule has 0 N–H and O–H groups in total. The van der Waals surface area contributed by atoms with Crippen LogP contribution in [0.3, 0.4) is 0 Å². The number of rotatable bonds is 14. The highest BCUT2D eigenvalue weighted by molar-refractivity contribution is 6.19. The molecule has 8 heteroatoms. The minimum absolute atomic E-state index is 0.564. The van der Waals surface area contributed by atoms with Crippen LogP contribution < -0.4 is 9.80 Å². The molecule has 0 fully saturated rings. The molecule has 0 atom stereocenters. The van der Waals surface area contributed by atoms with E-state index in [-0.39, 0.29) is 0 Å². The Labute approximate surface area is 246 Å². The molecule has 38 heavy (non-hydrogen) atoms. The molecule has 2 aromatic carbocycles. The van der Waals surface area contributed by atoms with Crippen LogP contribution in [-0.4, -0.2) is 59.7 Å². The van der Waals surface area contributed by atoms with Crippen LogP contribution in [0.5, 0.6) is 0 Å². The van der Waals surface area contributed by atoms with Crippen molar-refractivity contribution < 1.29 is 0 Å². The van der Waals surface area contributed by atoms with Crippen LogP contribution in [0.1, 0.15) is 33.6 Å². The van der Waals surface area contributed by atoms with Crippen LogP contribution in [0, 0.1) is 13.8 Å². The number of aryl methyl sites for hydroxylation is 2. The molecule has 0 unspecified atom stereocenters. The zero-order valence-electron chi connectivity index (χ0n) is 21.9. The third-order valence-corrected chi connectivity index (χ3v) is 6.91. The molecule has 4 nitrogen and oxygen atoms in total. The van der Waals surface area contributed by atoms with Gasteiger partial charge in [0.15, 0.2) is 0 Å². The third-order valence-electron chi connectivity index (χ3n) is 6.23. The van der Waals surface area contributed by atoms with E-state index in [9.17, 15) is 0 Å². The first-order valence-corrected chi connectivity index (χ1v) is 14.8.